The Balaban J connectivity index is 3.35. The number of halogens is 2. The lowest BCUT2D eigenvalue weighted by Gasteiger charge is -2.08. The van der Waals surface area contributed by atoms with Gasteiger partial charge in [-0.1, -0.05) is 0 Å². The SMILES string of the molecule is CCOC(=O)c1c(F)ccc(C#N)c1CCl. The van der Waals surface area contributed by atoms with Gasteiger partial charge in [0.15, 0.2) is 0 Å². The fraction of sp³-hybridized carbons (Fsp3) is 0.273. The van der Waals surface area contributed by atoms with Crippen molar-refractivity contribution in [3.05, 3.63) is 34.6 Å². The molecule has 0 bridgehead atoms. The molecule has 0 aliphatic rings. The van der Waals surface area contributed by atoms with E-state index in [-0.39, 0.29) is 29.2 Å². The number of benzene rings is 1. The fourth-order valence-corrected chi connectivity index (χ4v) is 1.56. The van der Waals surface area contributed by atoms with Gasteiger partial charge in [0.25, 0.3) is 0 Å². The smallest absolute Gasteiger partial charge is 0.341 e. The van der Waals surface area contributed by atoms with Gasteiger partial charge in [-0.2, -0.15) is 5.26 Å². The number of ether oxygens (including phenoxy) is 1. The van der Waals surface area contributed by atoms with Crippen molar-refractivity contribution in [2.45, 2.75) is 12.8 Å². The van der Waals surface area contributed by atoms with E-state index in [4.69, 9.17) is 21.6 Å². The first-order chi connectivity index (χ1) is 7.65. The van der Waals surface area contributed by atoms with Gasteiger partial charge in [-0.3, -0.25) is 0 Å². The van der Waals surface area contributed by atoms with Crippen LogP contribution in [0.15, 0.2) is 12.1 Å². The maximum atomic E-state index is 13.5. The van der Waals surface area contributed by atoms with Crippen LogP contribution in [0, 0.1) is 17.1 Å². The molecule has 0 unspecified atom stereocenters. The molecule has 84 valence electrons. The van der Waals surface area contributed by atoms with Gasteiger partial charge in [-0.25, -0.2) is 9.18 Å². The third kappa shape index (κ3) is 2.31. The monoisotopic (exact) mass is 241 g/mol. The summed E-state index contributed by atoms with van der Waals surface area (Å²) in [6.45, 7) is 1.75. The average molecular weight is 242 g/mol. The maximum absolute atomic E-state index is 13.5. The van der Waals surface area contributed by atoms with E-state index in [0.29, 0.717) is 0 Å². The van der Waals surface area contributed by atoms with Crippen molar-refractivity contribution in [2.24, 2.45) is 0 Å². The second kappa shape index (κ2) is 5.47. The Morgan fingerprint density at radius 1 is 1.62 bits per heavy atom. The van der Waals surface area contributed by atoms with Gasteiger partial charge in [-0.15, -0.1) is 11.6 Å². The molecular formula is C11H9ClFNO2. The van der Waals surface area contributed by atoms with Crippen molar-refractivity contribution in [1.29, 1.82) is 5.26 Å². The van der Waals surface area contributed by atoms with E-state index in [1.165, 1.54) is 6.07 Å². The molecule has 1 aromatic carbocycles. The molecule has 0 spiro atoms. The van der Waals surface area contributed by atoms with E-state index in [1.807, 2.05) is 6.07 Å². The van der Waals surface area contributed by atoms with Crippen LogP contribution in [0.4, 0.5) is 4.39 Å². The predicted octanol–water partition coefficient (Wildman–Crippen LogP) is 2.61. The topological polar surface area (TPSA) is 50.1 Å². The molecule has 3 nitrogen and oxygen atoms in total. The third-order valence-corrected chi connectivity index (χ3v) is 2.26. The number of alkyl halides is 1. The molecule has 0 N–H and O–H groups in total. The highest BCUT2D eigenvalue weighted by Gasteiger charge is 2.20. The molecule has 1 aromatic rings. The Morgan fingerprint density at radius 3 is 2.81 bits per heavy atom. The van der Waals surface area contributed by atoms with Gasteiger partial charge >= 0.3 is 5.97 Å². The molecule has 1 rings (SSSR count). The highest BCUT2D eigenvalue weighted by atomic mass is 35.5. The largest absolute Gasteiger partial charge is 0.462 e. The van der Waals surface area contributed by atoms with Crippen molar-refractivity contribution >= 4 is 17.6 Å². The number of rotatable bonds is 3. The van der Waals surface area contributed by atoms with Crippen molar-refractivity contribution in [2.75, 3.05) is 6.61 Å². The second-order valence-corrected chi connectivity index (χ2v) is 3.18. The molecule has 0 atom stereocenters. The van der Waals surface area contributed by atoms with Gasteiger partial charge < -0.3 is 4.74 Å². The fourth-order valence-electron chi connectivity index (χ4n) is 1.29. The number of hydrogen-bond acceptors (Lipinski definition) is 3. The first-order valence-corrected chi connectivity index (χ1v) is 5.13. The van der Waals surface area contributed by atoms with Crippen molar-refractivity contribution < 1.29 is 13.9 Å². The van der Waals surface area contributed by atoms with Crippen molar-refractivity contribution in [3.8, 4) is 6.07 Å². The number of nitrogens with zero attached hydrogens (tertiary/aromatic N) is 1. The normalized spacial score (nSPS) is 9.62. The van der Waals surface area contributed by atoms with E-state index in [9.17, 15) is 9.18 Å². The molecule has 0 amide bonds. The number of nitriles is 1. The third-order valence-electron chi connectivity index (χ3n) is 2.00. The van der Waals surface area contributed by atoms with Crippen LogP contribution >= 0.6 is 11.6 Å². The van der Waals surface area contributed by atoms with Crippen LogP contribution < -0.4 is 0 Å². The average Bonchev–Trinajstić information content (AvgIpc) is 2.28. The summed E-state index contributed by atoms with van der Waals surface area (Å²) in [5, 5.41) is 8.79. The van der Waals surface area contributed by atoms with Crippen LogP contribution in [-0.2, 0) is 10.6 Å². The standard InChI is InChI=1S/C11H9ClFNO2/c1-2-16-11(15)10-8(5-12)7(6-14)3-4-9(10)13/h3-4H,2,5H2,1H3. The lowest BCUT2D eigenvalue weighted by molar-refractivity contribution is 0.0520. The van der Waals surface area contributed by atoms with Crippen molar-refractivity contribution in [3.63, 3.8) is 0 Å². The van der Waals surface area contributed by atoms with E-state index in [1.54, 1.807) is 6.92 Å². The summed E-state index contributed by atoms with van der Waals surface area (Å²) < 4.78 is 18.2. The summed E-state index contributed by atoms with van der Waals surface area (Å²) in [7, 11) is 0. The molecular weight excluding hydrogens is 233 g/mol. The van der Waals surface area contributed by atoms with Gasteiger partial charge in [-0.05, 0) is 19.1 Å². The molecule has 16 heavy (non-hydrogen) atoms. The summed E-state index contributed by atoms with van der Waals surface area (Å²) in [6, 6.07) is 4.20. The summed E-state index contributed by atoms with van der Waals surface area (Å²) in [4.78, 5) is 11.5. The van der Waals surface area contributed by atoms with Crippen molar-refractivity contribution in [1.82, 2.24) is 0 Å². The Kier molecular flexibility index (Phi) is 4.27. The highest BCUT2D eigenvalue weighted by molar-refractivity contribution is 6.18. The number of esters is 1. The Labute approximate surface area is 97.4 Å². The minimum atomic E-state index is -0.798. The van der Waals surface area contributed by atoms with E-state index >= 15 is 0 Å². The molecule has 0 aromatic heterocycles. The summed E-state index contributed by atoms with van der Waals surface area (Å²) in [6.07, 6.45) is 0. The van der Waals surface area contributed by atoms with Crippen LogP contribution in [0.1, 0.15) is 28.4 Å². The van der Waals surface area contributed by atoms with Crippen LogP contribution in [0.25, 0.3) is 0 Å². The molecule has 0 aliphatic carbocycles. The number of carbonyl (C=O) groups is 1. The number of carbonyl (C=O) groups excluding carboxylic acids is 1. The van der Waals surface area contributed by atoms with Crippen LogP contribution in [0.2, 0.25) is 0 Å². The molecule has 0 aliphatic heterocycles. The lowest BCUT2D eigenvalue weighted by atomic mass is 10.0. The van der Waals surface area contributed by atoms with E-state index < -0.39 is 11.8 Å². The first-order valence-electron chi connectivity index (χ1n) is 4.60. The minimum Gasteiger partial charge on any atom is -0.462 e. The Morgan fingerprint density at radius 2 is 2.31 bits per heavy atom. The molecule has 0 saturated carbocycles. The zero-order valence-corrected chi connectivity index (χ0v) is 9.34. The molecule has 0 saturated heterocycles. The zero-order valence-electron chi connectivity index (χ0n) is 8.59. The summed E-state index contributed by atoms with van der Waals surface area (Å²) in [5.74, 6) is -1.64. The van der Waals surface area contributed by atoms with Crippen LogP contribution in [-0.4, -0.2) is 12.6 Å². The highest BCUT2D eigenvalue weighted by Crippen LogP contribution is 2.21. The van der Waals surface area contributed by atoms with E-state index in [0.717, 1.165) is 6.07 Å². The van der Waals surface area contributed by atoms with Crippen LogP contribution in [0.5, 0.6) is 0 Å². The summed E-state index contributed by atoms with van der Waals surface area (Å²) >= 11 is 5.61. The molecule has 0 fully saturated rings. The predicted molar refractivity (Wildman–Crippen MR) is 56.6 cm³/mol. The molecule has 0 radical (unpaired) electrons. The van der Waals surface area contributed by atoms with E-state index in [2.05, 4.69) is 0 Å². The quantitative estimate of drug-likeness (QED) is 0.604. The Bertz CT molecular complexity index is 454. The number of hydrogen-bond donors (Lipinski definition) is 0. The van der Waals surface area contributed by atoms with Gasteiger partial charge in [0.1, 0.15) is 11.4 Å². The van der Waals surface area contributed by atoms with Gasteiger partial charge in [0.2, 0.25) is 0 Å². The molecule has 5 heteroatoms. The zero-order chi connectivity index (χ0) is 12.1. The summed E-state index contributed by atoms with van der Waals surface area (Å²) in [5.41, 5.74) is 0.0953. The second-order valence-electron chi connectivity index (χ2n) is 2.91. The Hall–Kier alpha value is -1.60. The van der Waals surface area contributed by atoms with Crippen LogP contribution in [0.3, 0.4) is 0 Å². The molecule has 0 heterocycles. The van der Waals surface area contributed by atoms with Gasteiger partial charge in [0.05, 0.1) is 18.2 Å². The van der Waals surface area contributed by atoms with Gasteiger partial charge in [0, 0.05) is 11.4 Å². The maximum Gasteiger partial charge on any atom is 0.341 e. The minimum absolute atomic E-state index is 0.116. The first kappa shape index (κ1) is 12.5. The lowest BCUT2D eigenvalue weighted by Crippen LogP contribution is -2.11.